The van der Waals surface area contributed by atoms with Crippen LogP contribution in [0.4, 0.5) is 5.69 Å². The lowest BCUT2D eigenvalue weighted by Crippen LogP contribution is -2.18. The second kappa shape index (κ2) is 7.28. The minimum absolute atomic E-state index is 0.0684. The number of amides is 1. The number of hydrogen-bond donors (Lipinski definition) is 1. The van der Waals surface area contributed by atoms with Crippen LogP contribution in [0.2, 0.25) is 0 Å². The van der Waals surface area contributed by atoms with Crippen LogP contribution < -0.4 is 5.43 Å². The lowest BCUT2D eigenvalue weighted by atomic mass is 10.2. The number of nitro benzene ring substituents is 1. The average molecular weight is 427 g/mol. The van der Waals surface area contributed by atoms with E-state index in [9.17, 15) is 14.9 Å². The number of rotatable bonds is 4. The van der Waals surface area contributed by atoms with Gasteiger partial charge in [0, 0.05) is 16.1 Å². The maximum Gasteiger partial charge on any atom is 0.284 e. The van der Waals surface area contributed by atoms with Crippen molar-refractivity contribution < 1.29 is 9.72 Å². The van der Waals surface area contributed by atoms with E-state index in [1.165, 1.54) is 12.3 Å². The Balaban J connectivity index is 2.10. The summed E-state index contributed by atoms with van der Waals surface area (Å²) in [4.78, 5) is 22.3. The molecule has 112 valence electrons. The zero-order valence-corrected chi connectivity index (χ0v) is 14.2. The molecule has 0 heterocycles. The summed E-state index contributed by atoms with van der Waals surface area (Å²) in [5, 5.41) is 14.6. The Bertz CT molecular complexity index is 763. The van der Waals surface area contributed by atoms with Gasteiger partial charge in [0.2, 0.25) is 0 Å². The van der Waals surface area contributed by atoms with Gasteiger partial charge in [-0.15, -0.1) is 0 Å². The first-order valence-electron chi connectivity index (χ1n) is 6.01. The molecule has 2 aromatic carbocycles. The van der Waals surface area contributed by atoms with Crippen molar-refractivity contribution in [3.05, 3.63) is 72.7 Å². The van der Waals surface area contributed by atoms with Crippen LogP contribution in [0.3, 0.4) is 0 Å². The van der Waals surface area contributed by atoms with E-state index < -0.39 is 4.92 Å². The number of nitro groups is 1. The van der Waals surface area contributed by atoms with Gasteiger partial charge in [-0.1, -0.05) is 18.2 Å². The SMILES string of the molecule is O=C(NN=Cc1ccc(Br)c([N+](=O)[O-])c1)c1ccccc1Br. The number of carbonyl (C=O) groups is 1. The summed E-state index contributed by atoms with van der Waals surface area (Å²) in [6.07, 6.45) is 1.34. The molecule has 0 aliphatic heterocycles. The molecule has 0 fully saturated rings. The Kier molecular flexibility index (Phi) is 5.40. The van der Waals surface area contributed by atoms with Crippen molar-refractivity contribution in [1.29, 1.82) is 0 Å². The molecule has 0 saturated heterocycles. The number of halogens is 2. The zero-order chi connectivity index (χ0) is 16.1. The third kappa shape index (κ3) is 3.99. The minimum atomic E-state index is -0.499. The van der Waals surface area contributed by atoms with Gasteiger partial charge in [-0.3, -0.25) is 14.9 Å². The second-order valence-corrected chi connectivity index (χ2v) is 5.86. The van der Waals surface area contributed by atoms with E-state index in [0.717, 1.165) is 0 Å². The van der Waals surface area contributed by atoms with Gasteiger partial charge in [0.1, 0.15) is 0 Å². The first kappa shape index (κ1) is 16.3. The van der Waals surface area contributed by atoms with Gasteiger partial charge >= 0.3 is 0 Å². The highest BCUT2D eigenvalue weighted by molar-refractivity contribution is 9.10. The number of nitrogens with one attached hydrogen (secondary N) is 1. The highest BCUT2D eigenvalue weighted by Gasteiger charge is 2.11. The van der Waals surface area contributed by atoms with E-state index in [0.29, 0.717) is 20.1 Å². The normalized spacial score (nSPS) is 10.6. The number of carbonyl (C=O) groups excluding carboxylic acids is 1. The molecule has 0 bridgehead atoms. The summed E-state index contributed by atoms with van der Waals surface area (Å²) >= 11 is 6.37. The van der Waals surface area contributed by atoms with E-state index in [4.69, 9.17) is 0 Å². The number of nitrogens with zero attached hydrogens (tertiary/aromatic N) is 2. The topological polar surface area (TPSA) is 84.6 Å². The molecule has 0 saturated carbocycles. The second-order valence-electron chi connectivity index (χ2n) is 4.15. The van der Waals surface area contributed by atoms with Crippen molar-refractivity contribution >= 4 is 49.7 Å². The molecule has 8 heteroatoms. The zero-order valence-electron chi connectivity index (χ0n) is 11.0. The molecular weight excluding hydrogens is 418 g/mol. The fourth-order valence-electron chi connectivity index (χ4n) is 1.62. The van der Waals surface area contributed by atoms with E-state index >= 15 is 0 Å². The molecule has 2 aromatic rings. The first-order chi connectivity index (χ1) is 10.5. The molecule has 0 spiro atoms. The molecule has 0 atom stereocenters. The van der Waals surface area contributed by atoms with Crippen LogP contribution >= 0.6 is 31.9 Å². The fourth-order valence-corrected chi connectivity index (χ4v) is 2.48. The molecule has 0 aromatic heterocycles. The summed E-state index contributed by atoms with van der Waals surface area (Å²) in [6, 6.07) is 11.5. The Morgan fingerprint density at radius 2 is 1.91 bits per heavy atom. The molecular formula is C14H9Br2N3O3. The average Bonchev–Trinajstić information content (AvgIpc) is 2.49. The number of benzene rings is 2. The van der Waals surface area contributed by atoms with E-state index in [1.807, 2.05) is 0 Å². The largest absolute Gasteiger partial charge is 0.284 e. The van der Waals surface area contributed by atoms with Gasteiger partial charge in [-0.25, -0.2) is 5.43 Å². The van der Waals surface area contributed by atoms with Gasteiger partial charge in [-0.2, -0.15) is 5.10 Å². The van der Waals surface area contributed by atoms with Crippen LogP contribution in [-0.2, 0) is 0 Å². The summed E-state index contributed by atoms with van der Waals surface area (Å²) in [5.74, 6) is -0.379. The summed E-state index contributed by atoms with van der Waals surface area (Å²) in [6.45, 7) is 0. The number of hydrazone groups is 1. The third-order valence-electron chi connectivity index (χ3n) is 2.67. The molecule has 1 amide bonds. The van der Waals surface area contributed by atoms with E-state index in [1.54, 1.807) is 36.4 Å². The van der Waals surface area contributed by atoms with Gasteiger partial charge in [-0.05, 0) is 50.1 Å². The Morgan fingerprint density at radius 3 is 2.59 bits per heavy atom. The van der Waals surface area contributed by atoms with Crippen LogP contribution in [0.25, 0.3) is 0 Å². The van der Waals surface area contributed by atoms with Crippen molar-refractivity contribution in [2.24, 2.45) is 5.10 Å². The summed E-state index contributed by atoms with van der Waals surface area (Å²) in [5.41, 5.74) is 3.25. The van der Waals surface area contributed by atoms with Gasteiger partial charge < -0.3 is 0 Å². The van der Waals surface area contributed by atoms with Gasteiger partial charge in [0.05, 0.1) is 21.2 Å². The standard InChI is InChI=1S/C14H9Br2N3O3/c15-11-4-2-1-3-10(11)14(20)18-17-8-9-5-6-12(16)13(7-9)19(21)22/h1-8H,(H,18,20). The highest BCUT2D eigenvalue weighted by atomic mass is 79.9. The molecule has 1 N–H and O–H groups in total. The third-order valence-corrected chi connectivity index (χ3v) is 4.03. The summed E-state index contributed by atoms with van der Waals surface area (Å²) in [7, 11) is 0. The molecule has 22 heavy (non-hydrogen) atoms. The minimum Gasteiger partial charge on any atom is -0.267 e. The van der Waals surface area contributed by atoms with Crippen molar-refractivity contribution in [3.63, 3.8) is 0 Å². The van der Waals surface area contributed by atoms with Gasteiger partial charge in [0.25, 0.3) is 11.6 Å². The Labute approximate surface area is 142 Å². The fraction of sp³-hybridized carbons (Fsp3) is 0. The highest BCUT2D eigenvalue weighted by Crippen LogP contribution is 2.24. The molecule has 0 unspecified atom stereocenters. The maximum absolute atomic E-state index is 11.9. The molecule has 0 aliphatic rings. The predicted molar refractivity (Wildman–Crippen MR) is 90.0 cm³/mol. The van der Waals surface area contributed by atoms with Crippen LogP contribution in [0.1, 0.15) is 15.9 Å². The molecule has 6 nitrogen and oxygen atoms in total. The van der Waals surface area contributed by atoms with Gasteiger partial charge in [0.15, 0.2) is 0 Å². The number of hydrogen-bond acceptors (Lipinski definition) is 4. The molecule has 2 rings (SSSR count). The maximum atomic E-state index is 11.9. The van der Waals surface area contributed by atoms with Crippen molar-refractivity contribution in [1.82, 2.24) is 5.43 Å². The van der Waals surface area contributed by atoms with Crippen LogP contribution in [-0.4, -0.2) is 17.0 Å². The summed E-state index contributed by atoms with van der Waals surface area (Å²) < 4.78 is 1.04. The van der Waals surface area contributed by atoms with E-state index in [2.05, 4.69) is 42.4 Å². The predicted octanol–water partition coefficient (Wildman–Crippen LogP) is 3.88. The Morgan fingerprint density at radius 1 is 1.18 bits per heavy atom. The lowest BCUT2D eigenvalue weighted by molar-refractivity contribution is -0.385. The lowest BCUT2D eigenvalue weighted by Gasteiger charge is -2.02. The molecule has 0 radical (unpaired) electrons. The van der Waals surface area contributed by atoms with Crippen molar-refractivity contribution in [2.75, 3.05) is 0 Å². The smallest absolute Gasteiger partial charge is 0.267 e. The van der Waals surface area contributed by atoms with Crippen LogP contribution in [0.5, 0.6) is 0 Å². The van der Waals surface area contributed by atoms with Crippen LogP contribution in [0, 0.1) is 10.1 Å². The molecule has 0 aliphatic carbocycles. The Hall–Kier alpha value is -2.06. The first-order valence-corrected chi connectivity index (χ1v) is 7.59. The van der Waals surface area contributed by atoms with E-state index in [-0.39, 0.29) is 11.6 Å². The van der Waals surface area contributed by atoms with Crippen LogP contribution in [0.15, 0.2) is 56.5 Å². The van der Waals surface area contributed by atoms with Crippen molar-refractivity contribution in [2.45, 2.75) is 0 Å². The monoisotopic (exact) mass is 425 g/mol. The van der Waals surface area contributed by atoms with Crippen molar-refractivity contribution in [3.8, 4) is 0 Å². The quantitative estimate of drug-likeness (QED) is 0.457.